The van der Waals surface area contributed by atoms with Gasteiger partial charge in [0, 0.05) is 24.5 Å². The summed E-state index contributed by atoms with van der Waals surface area (Å²) >= 11 is 0. The van der Waals surface area contributed by atoms with Gasteiger partial charge in [-0.25, -0.2) is 4.99 Å². The average molecular weight is 484 g/mol. The number of primary amides is 2. The number of aromatic nitrogens is 2. The number of carbonyl (C=O) groups excluding carboxylic acids is 2. The number of carbonyl (C=O) groups is 3. The molecule has 0 spiro atoms. The van der Waals surface area contributed by atoms with Crippen LogP contribution in [-0.2, 0) is 24.7 Å². The molecule has 186 valence electrons. The Balaban J connectivity index is 0.000000917. The van der Waals surface area contributed by atoms with Crippen molar-refractivity contribution in [2.24, 2.45) is 22.4 Å². The van der Waals surface area contributed by atoms with Crippen LogP contribution in [0.5, 0.6) is 0 Å². The first-order valence-corrected chi connectivity index (χ1v) is 11.3. The topological polar surface area (TPSA) is 178 Å². The van der Waals surface area contributed by atoms with E-state index in [4.69, 9.17) is 31.1 Å². The number of hydrogen-bond acceptors (Lipinski definition) is 8. The number of nitrogens with zero attached hydrogens (tertiary/aromatic N) is 4. The second-order valence-electron chi connectivity index (χ2n) is 9.26. The second kappa shape index (κ2) is 9.28. The summed E-state index contributed by atoms with van der Waals surface area (Å²) in [6, 6.07) is -0.428. The summed E-state index contributed by atoms with van der Waals surface area (Å²) in [5.41, 5.74) is 14.8. The number of hydrogen-bond donors (Lipinski definition) is 4. The van der Waals surface area contributed by atoms with E-state index in [2.05, 4.69) is 15.3 Å². The predicted octanol–water partition coefficient (Wildman–Crippen LogP) is 0.133. The van der Waals surface area contributed by atoms with Gasteiger partial charge in [-0.15, -0.1) is 0 Å². The van der Waals surface area contributed by atoms with Crippen LogP contribution in [0.2, 0.25) is 0 Å². The molecule has 2 amide bonds. The van der Waals surface area contributed by atoms with Gasteiger partial charge in [-0.05, 0) is 44.6 Å². The molecule has 1 saturated carbocycles. The first-order chi connectivity index (χ1) is 16.7. The number of carboxylic acid groups (broad SMARTS) is 1. The third-order valence-electron chi connectivity index (χ3n) is 6.55. The van der Waals surface area contributed by atoms with Gasteiger partial charge in [-0.1, -0.05) is 0 Å². The van der Waals surface area contributed by atoms with Crippen molar-refractivity contribution < 1.29 is 24.2 Å². The number of nitrogens with one attached hydrogen (secondary N) is 1. The largest absolute Gasteiger partial charge is 0.495 e. The molecule has 0 aromatic carbocycles. The van der Waals surface area contributed by atoms with Crippen molar-refractivity contribution in [2.75, 3.05) is 13.2 Å². The Morgan fingerprint density at radius 1 is 1.34 bits per heavy atom. The Hall–Kier alpha value is -4.09. The lowest BCUT2D eigenvalue weighted by Gasteiger charge is -2.30. The van der Waals surface area contributed by atoms with E-state index in [9.17, 15) is 9.59 Å². The van der Waals surface area contributed by atoms with E-state index < -0.39 is 17.5 Å². The summed E-state index contributed by atoms with van der Waals surface area (Å²) in [5.74, 6) is 0.181. The lowest BCUT2D eigenvalue weighted by Crippen LogP contribution is -2.43. The molecule has 0 saturated heterocycles. The summed E-state index contributed by atoms with van der Waals surface area (Å²) in [5, 5.41) is 14.6. The van der Waals surface area contributed by atoms with E-state index in [1.165, 1.54) is 5.57 Å². The molecule has 3 aliphatic heterocycles. The molecule has 0 bridgehead atoms. The molecule has 4 aliphatic rings. The fraction of sp³-hybridized carbons (Fsp3) is 0.435. The van der Waals surface area contributed by atoms with E-state index in [0.717, 1.165) is 48.5 Å². The van der Waals surface area contributed by atoms with Gasteiger partial charge in [-0.2, -0.15) is 5.10 Å². The van der Waals surface area contributed by atoms with Gasteiger partial charge in [0.05, 0.1) is 23.2 Å². The average Bonchev–Trinajstić information content (AvgIpc) is 3.40. The predicted molar refractivity (Wildman–Crippen MR) is 125 cm³/mol. The van der Waals surface area contributed by atoms with Gasteiger partial charge < -0.3 is 31.5 Å². The first-order valence-electron chi connectivity index (χ1n) is 11.3. The highest BCUT2D eigenvalue weighted by atomic mass is 16.5. The Bertz CT molecular complexity index is 1170. The van der Waals surface area contributed by atoms with Gasteiger partial charge in [-0.3, -0.25) is 19.1 Å². The Labute approximate surface area is 202 Å². The number of amidine groups is 1. The Kier molecular flexibility index (Phi) is 6.37. The molecule has 4 heterocycles. The van der Waals surface area contributed by atoms with Crippen LogP contribution in [0.25, 0.3) is 0 Å². The maximum absolute atomic E-state index is 12.0. The molecule has 12 heteroatoms. The summed E-state index contributed by atoms with van der Waals surface area (Å²) in [6.45, 7) is 4.43. The molecule has 1 aromatic heterocycles. The van der Waals surface area contributed by atoms with E-state index in [1.807, 2.05) is 0 Å². The third kappa shape index (κ3) is 4.51. The molecule has 1 aromatic rings. The van der Waals surface area contributed by atoms with Gasteiger partial charge in [0.25, 0.3) is 6.47 Å². The minimum atomic E-state index is -0.952. The molecule has 1 unspecified atom stereocenters. The fourth-order valence-corrected chi connectivity index (χ4v) is 4.32. The van der Waals surface area contributed by atoms with Crippen molar-refractivity contribution in [1.29, 1.82) is 0 Å². The van der Waals surface area contributed by atoms with E-state index in [0.29, 0.717) is 12.3 Å². The van der Waals surface area contributed by atoms with Gasteiger partial charge >= 0.3 is 0 Å². The first kappa shape index (κ1) is 24.0. The lowest BCUT2D eigenvalue weighted by atomic mass is 10.0. The van der Waals surface area contributed by atoms with Crippen LogP contribution in [-0.4, -0.2) is 63.1 Å². The van der Waals surface area contributed by atoms with Crippen LogP contribution < -0.4 is 16.8 Å². The second-order valence-corrected chi connectivity index (χ2v) is 9.26. The van der Waals surface area contributed by atoms with Crippen LogP contribution in [0.4, 0.5) is 0 Å². The Morgan fingerprint density at radius 2 is 2.06 bits per heavy atom. The number of amides is 2. The third-order valence-corrected chi connectivity index (χ3v) is 6.55. The standard InChI is InChI=1S/C22H27N7O3.CH2O2/c1-22(2,21(24)31)29-9-14(7-26-29)20-25-8-15-16(27-17(19(23)30)12-3-4-12)11-32-10-13-5-6-28(20)18(13)15;2-1-3/h7-9,11-12,17,27H,3-6,10H2,1-2H3,(H2,23,30)(H2,24,31);1H,(H,2,3). The Morgan fingerprint density at radius 3 is 2.69 bits per heavy atom. The quantitative estimate of drug-likeness (QED) is 0.395. The van der Waals surface area contributed by atoms with Crippen molar-refractivity contribution in [2.45, 2.75) is 44.7 Å². The van der Waals surface area contributed by atoms with Gasteiger partial charge in [0.15, 0.2) is 0 Å². The molecular formula is C23H29N7O5. The molecule has 1 aliphatic carbocycles. The van der Waals surface area contributed by atoms with E-state index in [-0.39, 0.29) is 18.3 Å². The number of nitrogens with two attached hydrogens (primary N) is 2. The van der Waals surface area contributed by atoms with Gasteiger partial charge in [0.2, 0.25) is 11.8 Å². The summed E-state index contributed by atoms with van der Waals surface area (Å²) in [4.78, 5) is 39.1. The highest BCUT2D eigenvalue weighted by Crippen LogP contribution is 2.39. The van der Waals surface area contributed by atoms with Crippen molar-refractivity contribution in [1.82, 2.24) is 20.0 Å². The van der Waals surface area contributed by atoms with Crippen LogP contribution in [0.1, 0.15) is 38.7 Å². The van der Waals surface area contributed by atoms with E-state index in [1.54, 1.807) is 43.4 Å². The van der Waals surface area contributed by atoms with Crippen LogP contribution >= 0.6 is 0 Å². The molecule has 5 rings (SSSR count). The normalized spacial score (nSPS) is 19.6. The smallest absolute Gasteiger partial charge is 0.290 e. The highest BCUT2D eigenvalue weighted by Gasteiger charge is 2.39. The zero-order valence-electron chi connectivity index (χ0n) is 19.6. The van der Waals surface area contributed by atoms with E-state index >= 15 is 0 Å². The van der Waals surface area contributed by atoms with Crippen molar-refractivity contribution in [3.63, 3.8) is 0 Å². The SMILES string of the molecule is CC(C)(C(N)=O)n1cc(C2=NC=C3C(NC(C(N)=O)C4CC4)=COCC4=C3N2CC4)cn1.O=CO. The van der Waals surface area contributed by atoms with Crippen LogP contribution in [0.15, 0.2) is 52.4 Å². The lowest BCUT2D eigenvalue weighted by molar-refractivity contribution is -0.125. The fourth-order valence-electron chi connectivity index (χ4n) is 4.32. The number of rotatable bonds is 7. The maximum atomic E-state index is 12.0. The molecule has 6 N–H and O–H groups in total. The molecule has 35 heavy (non-hydrogen) atoms. The molecule has 1 fully saturated rings. The summed E-state index contributed by atoms with van der Waals surface area (Å²) < 4.78 is 7.37. The number of ether oxygens (including phenoxy) is 1. The van der Waals surface area contributed by atoms with Gasteiger partial charge in [0.1, 0.15) is 30.3 Å². The molecule has 12 nitrogen and oxygen atoms in total. The number of aliphatic imine (C=N–C) groups is 1. The highest BCUT2D eigenvalue weighted by molar-refractivity contribution is 6.02. The summed E-state index contributed by atoms with van der Waals surface area (Å²) in [6.07, 6.45) is 9.76. The zero-order valence-corrected chi connectivity index (χ0v) is 19.6. The minimum absolute atomic E-state index is 0.250. The van der Waals surface area contributed by atoms with Crippen LogP contribution in [0, 0.1) is 5.92 Å². The molecular weight excluding hydrogens is 454 g/mol. The molecule has 1 atom stereocenters. The monoisotopic (exact) mass is 483 g/mol. The minimum Gasteiger partial charge on any atom is -0.495 e. The maximum Gasteiger partial charge on any atom is 0.290 e. The molecule has 0 radical (unpaired) electrons. The van der Waals surface area contributed by atoms with Crippen molar-refractivity contribution in [3.05, 3.63) is 53.0 Å². The summed E-state index contributed by atoms with van der Waals surface area (Å²) in [7, 11) is 0. The van der Waals surface area contributed by atoms with Crippen molar-refractivity contribution in [3.8, 4) is 0 Å². The zero-order chi connectivity index (χ0) is 25.3. The van der Waals surface area contributed by atoms with Crippen LogP contribution in [0.3, 0.4) is 0 Å². The van der Waals surface area contributed by atoms with Crippen molar-refractivity contribution >= 4 is 24.1 Å².